The van der Waals surface area contributed by atoms with E-state index in [0.29, 0.717) is 17.6 Å². The summed E-state index contributed by atoms with van der Waals surface area (Å²) in [5.41, 5.74) is 1.31. The average Bonchev–Trinajstić information content (AvgIpc) is 2.68. The minimum atomic E-state index is 0.402. The molecule has 0 amide bonds. The van der Waals surface area contributed by atoms with Gasteiger partial charge in [0.1, 0.15) is 5.78 Å². The number of rotatable bonds is 4. The summed E-state index contributed by atoms with van der Waals surface area (Å²) in [6.07, 6.45) is 2.81. The predicted molar refractivity (Wildman–Crippen MR) is 54.9 cm³/mol. The number of carbonyl (C=O) groups excluding carboxylic acids is 1. The van der Waals surface area contributed by atoms with E-state index in [1.165, 1.54) is 5.56 Å². The molecule has 1 nitrogen and oxygen atoms in total. The Kier molecular flexibility index (Phi) is 2.49. The lowest BCUT2D eigenvalue weighted by Crippen LogP contribution is -2.03. The molecule has 1 heterocycles. The number of hydrogen-bond acceptors (Lipinski definition) is 2. The van der Waals surface area contributed by atoms with Crippen molar-refractivity contribution in [3.05, 3.63) is 22.4 Å². The molecule has 0 N–H and O–H groups in total. The number of carbonyl (C=O) groups is 1. The minimum Gasteiger partial charge on any atom is -0.299 e. The number of hydrogen-bond donors (Lipinski definition) is 0. The van der Waals surface area contributed by atoms with Gasteiger partial charge in [0.05, 0.1) is 0 Å². The van der Waals surface area contributed by atoms with Crippen molar-refractivity contribution in [2.75, 3.05) is 0 Å². The Morgan fingerprint density at radius 3 is 3.00 bits per heavy atom. The summed E-state index contributed by atoms with van der Waals surface area (Å²) in [5.74, 6) is 1.53. The Morgan fingerprint density at radius 2 is 2.46 bits per heavy atom. The number of aryl methyl sites for hydroxylation is 1. The third-order valence-electron chi connectivity index (χ3n) is 2.76. The van der Waals surface area contributed by atoms with E-state index in [0.717, 1.165) is 19.3 Å². The SMILES string of the molecule is CC1CC1C(=O)CCc1ccsc1. The summed E-state index contributed by atoms with van der Waals surface area (Å²) in [6.45, 7) is 2.16. The fourth-order valence-corrected chi connectivity index (χ4v) is 2.36. The standard InChI is InChI=1S/C11H14OS/c1-8-6-10(8)11(12)3-2-9-4-5-13-7-9/h4-5,7-8,10H,2-3,6H2,1H3. The maximum Gasteiger partial charge on any atom is 0.136 e. The van der Waals surface area contributed by atoms with Crippen LogP contribution in [0.4, 0.5) is 0 Å². The quantitative estimate of drug-likeness (QED) is 0.720. The zero-order chi connectivity index (χ0) is 9.26. The van der Waals surface area contributed by atoms with Crippen molar-refractivity contribution >= 4 is 17.1 Å². The van der Waals surface area contributed by atoms with E-state index >= 15 is 0 Å². The topological polar surface area (TPSA) is 17.1 Å². The van der Waals surface area contributed by atoms with Crippen molar-refractivity contribution in [3.8, 4) is 0 Å². The summed E-state index contributed by atoms with van der Waals surface area (Å²) in [4.78, 5) is 11.5. The van der Waals surface area contributed by atoms with Crippen LogP contribution in [0, 0.1) is 11.8 Å². The van der Waals surface area contributed by atoms with E-state index in [1.54, 1.807) is 11.3 Å². The van der Waals surface area contributed by atoms with E-state index < -0.39 is 0 Å². The van der Waals surface area contributed by atoms with Gasteiger partial charge in [0.25, 0.3) is 0 Å². The van der Waals surface area contributed by atoms with Crippen molar-refractivity contribution in [1.82, 2.24) is 0 Å². The predicted octanol–water partition coefficient (Wildman–Crippen LogP) is 2.91. The average molecular weight is 194 g/mol. The van der Waals surface area contributed by atoms with Crippen molar-refractivity contribution in [1.29, 1.82) is 0 Å². The van der Waals surface area contributed by atoms with Gasteiger partial charge in [-0.1, -0.05) is 6.92 Å². The molecule has 1 fully saturated rings. The monoisotopic (exact) mass is 194 g/mol. The molecular weight excluding hydrogens is 180 g/mol. The molecule has 1 aromatic rings. The van der Waals surface area contributed by atoms with Gasteiger partial charge in [-0.15, -0.1) is 0 Å². The molecule has 1 aliphatic carbocycles. The van der Waals surface area contributed by atoms with Gasteiger partial charge in [-0.05, 0) is 41.1 Å². The Balaban J connectivity index is 1.77. The highest BCUT2D eigenvalue weighted by atomic mass is 32.1. The van der Waals surface area contributed by atoms with Crippen molar-refractivity contribution in [2.45, 2.75) is 26.2 Å². The number of thiophene rings is 1. The van der Waals surface area contributed by atoms with Gasteiger partial charge in [0.2, 0.25) is 0 Å². The highest BCUT2D eigenvalue weighted by Gasteiger charge is 2.37. The van der Waals surface area contributed by atoms with Crippen LogP contribution in [-0.4, -0.2) is 5.78 Å². The lowest BCUT2D eigenvalue weighted by molar-refractivity contribution is -0.120. The fraction of sp³-hybridized carbons (Fsp3) is 0.545. The van der Waals surface area contributed by atoms with Crippen LogP contribution >= 0.6 is 11.3 Å². The molecule has 0 aliphatic heterocycles. The zero-order valence-corrected chi connectivity index (χ0v) is 8.64. The van der Waals surface area contributed by atoms with Crippen LogP contribution < -0.4 is 0 Å². The van der Waals surface area contributed by atoms with E-state index in [2.05, 4.69) is 23.8 Å². The van der Waals surface area contributed by atoms with Crippen LogP contribution in [-0.2, 0) is 11.2 Å². The van der Waals surface area contributed by atoms with Gasteiger partial charge in [0.15, 0.2) is 0 Å². The normalized spacial score (nSPS) is 25.9. The molecular formula is C11H14OS. The van der Waals surface area contributed by atoms with E-state index in [4.69, 9.17) is 0 Å². The van der Waals surface area contributed by atoms with Crippen LogP contribution in [0.25, 0.3) is 0 Å². The van der Waals surface area contributed by atoms with Crippen LogP contribution in [0.1, 0.15) is 25.3 Å². The maximum absolute atomic E-state index is 11.5. The Hall–Kier alpha value is -0.630. The second-order valence-corrected chi connectivity index (χ2v) is 4.70. The minimum absolute atomic E-state index is 0.402. The Bertz CT molecular complexity index is 289. The first kappa shape index (κ1) is 8.95. The van der Waals surface area contributed by atoms with Crippen LogP contribution in [0.15, 0.2) is 16.8 Å². The molecule has 0 bridgehead atoms. The lowest BCUT2D eigenvalue weighted by Gasteiger charge is -1.96. The van der Waals surface area contributed by atoms with Gasteiger partial charge in [-0.2, -0.15) is 11.3 Å². The summed E-state index contributed by atoms with van der Waals surface area (Å²) in [5, 5.41) is 4.20. The molecule has 1 saturated carbocycles. The van der Waals surface area contributed by atoms with Crippen molar-refractivity contribution in [3.63, 3.8) is 0 Å². The second-order valence-electron chi connectivity index (χ2n) is 3.92. The molecule has 70 valence electrons. The van der Waals surface area contributed by atoms with Crippen molar-refractivity contribution in [2.24, 2.45) is 11.8 Å². The van der Waals surface area contributed by atoms with Gasteiger partial charge in [-0.3, -0.25) is 4.79 Å². The first-order valence-electron chi connectivity index (χ1n) is 4.81. The van der Waals surface area contributed by atoms with E-state index in [-0.39, 0.29) is 0 Å². The Labute approximate surface area is 82.8 Å². The summed E-state index contributed by atoms with van der Waals surface area (Å²) in [7, 11) is 0. The van der Waals surface area contributed by atoms with Gasteiger partial charge in [-0.25, -0.2) is 0 Å². The largest absolute Gasteiger partial charge is 0.299 e. The fourth-order valence-electron chi connectivity index (χ4n) is 1.66. The molecule has 13 heavy (non-hydrogen) atoms. The number of Topliss-reactive ketones (excluding diaryl/α,β-unsaturated/α-hetero) is 1. The lowest BCUT2D eigenvalue weighted by atomic mass is 10.1. The molecule has 1 aromatic heterocycles. The summed E-state index contributed by atoms with van der Waals surface area (Å²) < 4.78 is 0. The smallest absolute Gasteiger partial charge is 0.136 e. The zero-order valence-electron chi connectivity index (χ0n) is 7.82. The third-order valence-corrected chi connectivity index (χ3v) is 3.50. The van der Waals surface area contributed by atoms with Crippen LogP contribution in [0.5, 0.6) is 0 Å². The highest BCUT2D eigenvalue weighted by molar-refractivity contribution is 7.07. The van der Waals surface area contributed by atoms with Crippen molar-refractivity contribution < 1.29 is 4.79 Å². The number of ketones is 1. The molecule has 2 unspecified atom stereocenters. The summed E-state index contributed by atoms with van der Waals surface area (Å²) >= 11 is 1.70. The molecule has 1 aliphatic rings. The summed E-state index contributed by atoms with van der Waals surface area (Å²) in [6, 6.07) is 2.11. The molecule has 2 heteroatoms. The van der Waals surface area contributed by atoms with Gasteiger partial charge in [0, 0.05) is 12.3 Å². The molecule has 2 atom stereocenters. The van der Waals surface area contributed by atoms with Crippen LogP contribution in [0.3, 0.4) is 0 Å². The van der Waals surface area contributed by atoms with E-state index in [1.807, 2.05) is 0 Å². The third kappa shape index (κ3) is 2.19. The van der Waals surface area contributed by atoms with E-state index in [9.17, 15) is 4.79 Å². The van der Waals surface area contributed by atoms with Gasteiger partial charge < -0.3 is 0 Å². The Morgan fingerprint density at radius 1 is 1.69 bits per heavy atom. The molecule has 0 radical (unpaired) electrons. The van der Waals surface area contributed by atoms with Gasteiger partial charge >= 0.3 is 0 Å². The highest BCUT2D eigenvalue weighted by Crippen LogP contribution is 2.39. The molecule has 2 rings (SSSR count). The second kappa shape index (κ2) is 3.62. The molecule has 0 saturated heterocycles. The van der Waals surface area contributed by atoms with Crippen LogP contribution in [0.2, 0.25) is 0 Å². The first-order valence-corrected chi connectivity index (χ1v) is 5.75. The molecule has 0 aromatic carbocycles. The molecule has 0 spiro atoms. The maximum atomic E-state index is 11.5. The first-order chi connectivity index (χ1) is 6.27.